The van der Waals surface area contributed by atoms with Gasteiger partial charge in [-0.25, -0.2) is 4.39 Å². The van der Waals surface area contributed by atoms with Crippen LogP contribution in [0.3, 0.4) is 0 Å². The van der Waals surface area contributed by atoms with Crippen molar-refractivity contribution < 1.29 is 9.13 Å². The van der Waals surface area contributed by atoms with Gasteiger partial charge in [0.05, 0.1) is 0 Å². The lowest BCUT2D eigenvalue weighted by atomic mass is 9.80. The lowest BCUT2D eigenvalue weighted by Gasteiger charge is -2.25. The second-order valence-corrected chi connectivity index (χ2v) is 5.11. The second-order valence-electron chi connectivity index (χ2n) is 5.11. The topological polar surface area (TPSA) is 9.23 Å². The van der Waals surface area contributed by atoms with E-state index in [2.05, 4.69) is 24.3 Å². The largest absolute Gasteiger partial charge is 0.489 e. The second kappa shape index (κ2) is 5.43. The Balaban J connectivity index is 1.58. The molecule has 3 rings (SSSR count). The van der Waals surface area contributed by atoms with E-state index in [0.29, 0.717) is 12.4 Å². The van der Waals surface area contributed by atoms with Crippen molar-refractivity contribution in [1.82, 2.24) is 0 Å². The quantitative estimate of drug-likeness (QED) is 0.772. The van der Waals surface area contributed by atoms with Gasteiger partial charge in [0.2, 0.25) is 0 Å². The molecule has 0 bridgehead atoms. The molecule has 0 heterocycles. The molecule has 1 saturated carbocycles. The van der Waals surface area contributed by atoms with Gasteiger partial charge in [-0.1, -0.05) is 30.7 Å². The summed E-state index contributed by atoms with van der Waals surface area (Å²) < 4.78 is 18.4. The molecule has 1 aliphatic rings. The Morgan fingerprint density at radius 3 is 2.21 bits per heavy atom. The first-order valence-corrected chi connectivity index (χ1v) is 6.78. The van der Waals surface area contributed by atoms with Crippen LogP contribution in [-0.4, -0.2) is 0 Å². The van der Waals surface area contributed by atoms with Gasteiger partial charge < -0.3 is 4.74 Å². The highest BCUT2D eigenvalue weighted by Gasteiger charge is 2.18. The maximum Gasteiger partial charge on any atom is 0.123 e. The molecule has 2 aromatic rings. The smallest absolute Gasteiger partial charge is 0.123 e. The monoisotopic (exact) mass is 256 g/mol. The molecule has 0 unspecified atom stereocenters. The average molecular weight is 256 g/mol. The Labute approximate surface area is 113 Å². The van der Waals surface area contributed by atoms with Crippen molar-refractivity contribution in [3.05, 3.63) is 65.5 Å². The predicted molar refractivity (Wildman–Crippen MR) is 73.8 cm³/mol. The van der Waals surface area contributed by atoms with E-state index in [9.17, 15) is 4.39 Å². The minimum absolute atomic E-state index is 0.239. The number of benzene rings is 2. The van der Waals surface area contributed by atoms with E-state index in [4.69, 9.17) is 4.74 Å². The molecule has 0 saturated heterocycles. The van der Waals surface area contributed by atoms with Crippen molar-refractivity contribution in [3.63, 3.8) is 0 Å². The van der Waals surface area contributed by atoms with Gasteiger partial charge >= 0.3 is 0 Å². The first kappa shape index (κ1) is 12.2. The number of rotatable bonds is 4. The highest BCUT2D eigenvalue weighted by Crippen LogP contribution is 2.36. The fourth-order valence-electron chi connectivity index (χ4n) is 2.33. The van der Waals surface area contributed by atoms with Crippen LogP contribution in [0.4, 0.5) is 4.39 Å². The molecule has 2 aromatic carbocycles. The van der Waals surface area contributed by atoms with Crippen LogP contribution in [0.2, 0.25) is 0 Å². The summed E-state index contributed by atoms with van der Waals surface area (Å²) >= 11 is 0. The summed E-state index contributed by atoms with van der Waals surface area (Å²) in [4.78, 5) is 0. The molecule has 19 heavy (non-hydrogen) atoms. The zero-order chi connectivity index (χ0) is 13.1. The number of hydrogen-bond acceptors (Lipinski definition) is 1. The van der Waals surface area contributed by atoms with Crippen molar-refractivity contribution in [1.29, 1.82) is 0 Å². The summed E-state index contributed by atoms with van der Waals surface area (Å²) in [6.45, 7) is 0.524. The normalized spacial score (nSPS) is 15.0. The highest BCUT2D eigenvalue weighted by molar-refractivity contribution is 5.27. The lowest BCUT2D eigenvalue weighted by molar-refractivity contribution is 0.305. The molecule has 98 valence electrons. The van der Waals surface area contributed by atoms with Gasteiger partial charge in [-0.15, -0.1) is 0 Å². The Hall–Kier alpha value is -1.83. The van der Waals surface area contributed by atoms with E-state index in [1.165, 1.54) is 37.0 Å². The van der Waals surface area contributed by atoms with Gasteiger partial charge in [0.1, 0.15) is 18.2 Å². The zero-order valence-electron chi connectivity index (χ0n) is 10.8. The number of hydrogen-bond donors (Lipinski definition) is 0. The third-order valence-corrected chi connectivity index (χ3v) is 3.78. The van der Waals surface area contributed by atoms with Crippen molar-refractivity contribution >= 4 is 0 Å². The molecular weight excluding hydrogens is 239 g/mol. The maximum absolute atomic E-state index is 12.8. The Kier molecular flexibility index (Phi) is 3.49. The van der Waals surface area contributed by atoms with Gasteiger partial charge in [-0.3, -0.25) is 0 Å². The van der Waals surface area contributed by atoms with Crippen LogP contribution < -0.4 is 4.74 Å². The van der Waals surface area contributed by atoms with Crippen LogP contribution >= 0.6 is 0 Å². The Morgan fingerprint density at radius 2 is 1.63 bits per heavy atom. The third kappa shape index (κ3) is 2.95. The fourth-order valence-corrected chi connectivity index (χ4v) is 2.33. The Morgan fingerprint density at radius 1 is 0.947 bits per heavy atom. The third-order valence-electron chi connectivity index (χ3n) is 3.78. The summed E-state index contributed by atoms with van der Waals surface area (Å²) in [6.07, 6.45) is 4.01. The minimum atomic E-state index is -0.239. The van der Waals surface area contributed by atoms with E-state index < -0.39 is 0 Å². The SMILES string of the molecule is Fc1ccc(OCc2ccc(C3CCC3)cc2)cc1. The van der Waals surface area contributed by atoms with Crippen LogP contribution in [0.1, 0.15) is 36.3 Å². The van der Waals surface area contributed by atoms with Crippen LogP contribution in [-0.2, 0) is 6.61 Å². The molecule has 0 amide bonds. The van der Waals surface area contributed by atoms with E-state index in [1.807, 2.05) is 0 Å². The van der Waals surface area contributed by atoms with Gasteiger partial charge in [0.25, 0.3) is 0 Å². The van der Waals surface area contributed by atoms with Crippen molar-refractivity contribution in [2.75, 3.05) is 0 Å². The predicted octanol–water partition coefficient (Wildman–Crippen LogP) is 4.67. The molecule has 0 aliphatic heterocycles. The van der Waals surface area contributed by atoms with Crippen LogP contribution in [0.25, 0.3) is 0 Å². The molecule has 0 radical (unpaired) electrons. The molecule has 2 heteroatoms. The molecule has 1 aliphatic carbocycles. The molecule has 0 N–H and O–H groups in total. The van der Waals surface area contributed by atoms with E-state index in [1.54, 1.807) is 12.1 Å². The minimum Gasteiger partial charge on any atom is -0.489 e. The standard InChI is InChI=1S/C17H17FO/c18-16-8-10-17(11-9-16)19-12-13-4-6-15(7-5-13)14-2-1-3-14/h4-11,14H,1-3,12H2. The molecule has 1 fully saturated rings. The van der Waals surface area contributed by atoms with Gasteiger partial charge in [-0.2, -0.15) is 0 Å². The molecule has 0 atom stereocenters. The molecule has 0 aromatic heterocycles. The summed E-state index contributed by atoms with van der Waals surface area (Å²) in [5.41, 5.74) is 2.59. The number of ether oxygens (including phenoxy) is 1. The maximum atomic E-state index is 12.8. The van der Waals surface area contributed by atoms with Gasteiger partial charge in [-0.05, 0) is 54.2 Å². The number of halogens is 1. The van der Waals surface area contributed by atoms with Gasteiger partial charge in [0, 0.05) is 0 Å². The van der Waals surface area contributed by atoms with Crippen molar-refractivity contribution in [2.24, 2.45) is 0 Å². The summed E-state index contributed by atoms with van der Waals surface area (Å²) in [5.74, 6) is 1.23. The fraction of sp³-hybridized carbons (Fsp3) is 0.294. The average Bonchev–Trinajstić information content (AvgIpc) is 2.38. The first-order chi connectivity index (χ1) is 9.31. The lowest BCUT2D eigenvalue weighted by Crippen LogP contribution is -2.08. The van der Waals surface area contributed by atoms with E-state index in [-0.39, 0.29) is 5.82 Å². The van der Waals surface area contributed by atoms with E-state index >= 15 is 0 Å². The van der Waals surface area contributed by atoms with Crippen LogP contribution in [0.15, 0.2) is 48.5 Å². The van der Waals surface area contributed by atoms with Crippen molar-refractivity contribution in [3.8, 4) is 5.75 Å². The molecule has 1 nitrogen and oxygen atoms in total. The van der Waals surface area contributed by atoms with E-state index in [0.717, 1.165) is 11.5 Å². The van der Waals surface area contributed by atoms with Gasteiger partial charge in [0.15, 0.2) is 0 Å². The molecule has 0 spiro atoms. The molecular formula is C17H17FO. The summed E-state index contributed by atoms with van der Waals surface area (Å²) in [6, 6.07) is 14.8. The Bertz CT molecular complexity index is 526. The van der Waals surface area contributed by atoms with Crippen LogP contribution in [0, 0.1) is 5.82 Å². The van der Waals surface area contributed by atoms with Crippen molar-refractivity contribution in [2.45, 2.75) is 31.8 Å². The first-order valence-electron chi connectivity index (χ1n) is 6.78. The van der Waals surface area contributed by atoms with Crippen LogP contribution in [0.5, 0.6) is 5.75 Å². The highest BCUT2D eigenvalue weighted by atomic mass is 19.1. The summed E-state index contributed by atoms with van der Waals surface area (Å²) in [7, 11) is 0. The zero-order valence-corrected chi connectivity index (χ0v) is 10.8. The summed E-state index contributed by atoms with van der Waals surface area (Å²) in [5, 5.41) is 0.